The zero-order valence-corrected chi connectivity index (χ0v) is 14.7. The lowest BCUT2D eigenvalue weighted by Crippen LogP contribution is -2.28. The minimum atomic E-state index is -3.36. The van der Waals surface area contributed by atoms with E-state index in [9.17, 15) is 8.42 Å². The van der Waals surface area contributed by atoms with Crippen LogP contribution in [0.2, 0.25) is 0 Å². The molecule has 21 heavy (non-hydrogen) atoms. The molecule has 0 aliphatic rings. The van der Waals surface area contributed by atoms with E-state index in [4.69, 9.17) is 4.74 Å². The minimum Gasteiger partial charge on any atom is -0.385 e. The van der Waals surface area contributed by atoms with Gasteiger partial charge in [-0.05, 0) is 44.5 Å². The molecule has 0 bridgehead atoms. The maximum Gasteiger partial charge on any atom is 0.252 e. The standard InChI is InChI=1S/C14H26N2O3S2/c1-4-9-15-10-8-13-6-7-14(20-13)21(17,18)16(2)11-5-12-19-3/h6-7,15H,4-5,8-12H2,1-3H3. The van der Waals surface area contributed by atoms with E-state index in [1.165, 1.54) is 15.6 Å². The van der Waals surface area contributed by atoms with Gasteiger partial charge in [-0.15, -0.1) is 11.3 Å². The third kappa shape index (κ3) is 6.04. The molecule has 1 aromatic heterocycles. The maximum atomic E-state index is 12.4. The van der Waals surface area contributed by atoms with Gasteiger partial charge in [0.15, 0.2) is 0 Å². The van der Waals surface area contributed by atoms with Crippen molar-refractivity contribution < 1.29 is 13.2 Å². The van der Waals surface area contributed by atoms with Gasteiger partial charge < -0.3 is 10.1 Å². The molecule has 122 valence electrons. The van der Waals surface area contributed by atoms with Crippen LogP contribution in [0.5, 0.6) is 0 Å². The molecule has 1 N–H and O–H groups in total. The number of ether oxygens (including phenoxy) is 1. The lowest BCUT2D eigenvalue weighted by atomic mass is 10.3. The van der Waals surface area contributed by atoms with E-state index in [0.717, 1.165) is 30.8 Å². The van der Waals surface area contributed by atoms with Crippen molar-refractivity contribution in [2.45, 2.75) is 30.4 Å². The van der Waals surface area contributed by atoms with Crippen molar-refractivity contribution in [3.05, 3.63) is 17.0 Å². The predicted octanol–water partition coefficient (Wildman–Crippen LogP) is 1.95. The molecule has 1 aromatic rings. The van der Waals surface area contributed by atoms with Crippen LogP contribution in [0.25, 0.3) is 0 Å². The van der Waals surface area contributed by atoms with Gasteiger partial charge in [0.2, 0.25) is 0 Å². The Morgan fingerprint density at radius 1 is 1.33 bits per heavy atom. The summed E-state index contributed by atoms with van der Waals surface area (Å²) in [6, 6.07) is 3.62. The highest BCUT2D eigenvalue weighted by Gasteiger charge is 2.22. The zero-order chi connectivity index (χ0) is 15.7. The Balaban J connectivity index is 2.56. The minimum absolute atomic E-state index is 0.424. The largest absolute Gasteiger partial charge is 0.385 e. The van der Waals surface area contributed by atoms with Gasteiger partial charge in [-0.25, -0.2) is 12.7 Å². The second-order valence-electron chi connectivity index (χ2n) is 4.89. The fourth-order valence-electron chi connectivity index (χ4n) is 1.85. The van der Waals surface area contributed by atoms with Crippen LogP contribution in [0.4, 0.5) is 0 Å². The third-order valence-corrected chi connectivity index (χ3v) is 6.57. The molecule has 0 atom stereocenters. The second-order valence-corrected chi connectivity index (χ2v) is 8.33. The number of hydrogen-bond donors (Lipinski definition) is 1. The summed E-state index contributed by atoms with van der Waals surface area (Å²) in [5, 5.41) is 3.32. The van der Waals surface area contributed by atoms with Crippen LogP contribution in [-0.2, 0) is 21.2 Å². The van der Waals surface area contributed by atoms with Crippen LogP contribution >= 0.6 is 11.3 Å². The number of sulfonamides is 1. The second kappa shape index (κ2) is 9.53. The summed E-state index contributed by atoms with van der Waals surface area (Å²) < 4.78 is 31.6. The van der Waals surface area contributed by atoms with Crippen molar-refractivity contribution >= 4 is 21.4 Å². The van der Waals surface area contributed by atoms with Crippen LogP contribution in [-0.4, -0.2) is 53.1 Å². The lowest BCUT2D eigenvalue weighted by Gasteiger charge is -2.15. The monoisotopic (exact) mass is 334 g/mol. The highest BCUT2D eigenvalue weighted by atomic mass is 32.2. The smallest absolute Gasteiger partial charge is 0.252 e. The Morgan fingerprint density at radius 3 is 2.76 bits per heavy atom. The van der Waals surface area contributed by atoms with Gasteiger partial charge in [-0.2, -0.15) is 0 Å². The quantitative estimate of drug-likeness (QED) is 0.628. The Bertz CT molecular complexity index is 500. The van der Waals surface area contributed by atoms with Crippen molar-refractivity contribution in [1.29, 1.82) is 0 Å². The molecule has 0 radical (unpaired) electrons. The number of methoxy groups -OCH3 is 1. The summed E-state index contributed by atoms with van der Waals surface area (Å²) in [6.45, 7) is 5.05. The molecular formula is C14H26N2O3S2. The fraction of sp³-hybridized carbons (Fsp3) is 0.714. The first kappa shape index (κ1) is 18.6. The maximum absolute atomic E-state index is 12.4. The molecule has 0 spiro atoms. The number of hydrogen-bond acceptors (Lipinski definition) is 5. The van der Waals surface area contributed by atoms with Crippen molar-refractivity contribution in [3.8, 4) is 0 Å². The van der Waals surface area contributed by atoms with Gasteiger partial charge in [0.25, 0.3) is 10.0 Å². The van der Waals surface area contributed by atoms with Crippen LogP contribution in [0.3, 0.4) is 0 Å². The molecule has 0 aliphatic carbocycles. The van der Waals surface area contributed by atoms with Gasteiger partial charge in [-0.3, -0.25) is 0 Å². The number of thiophene rings is 1. The topological polar surface area (TPSA) is 58.6 Å². The summed E-state index contributed by atoms with van der Waals surface area (Å²) in [4.78, 5) is 1.10. The first-order valence-electron chi connectivity index (χ1n) is 7.27. The zero-order valence-electron chi connectivity index (χ0n) is 13.1. The predicted molar refractivity (Wildman–Crippen MR) is 87.5 cm³/mol. The summed E-state index contributed by atoms with van der Waals surface area (Å²) in [5.41, 5.74) is 0. The Labute approximate surface area is 132 Å². The van der Waals surface area contributed by atoms with E-state index < -0.39 is 10.0 Å². The van der Waals surface area contributed by atoms with E-state index in [0.29, 0.717) is 23.8 Å². The molecule has 0 fully saturated rings. The Hall–Kier alpha value is -0.470. The van der Waals surface area contributed by atoms with Crippen molar-refractivity contribution in [1.82, 2.24) is 9.62 Å². The van der Waals surface area contributed by atoms with Crippen LogP contribution in [0.15, 0.2) is 16.3 Å². The van der Waals surface area contributed by atoms with Gasteiger partial charge >= 0.3 is 0 Å². The molecule has 0 saturated carbocycles. The molecule has 0 aromatic carbocycles. The van der Waals surface area contributed by atoms with Crippen molar-refractivity contribution in [2.75, 3.05) is 40.4 Å². The van der Waals surface area contributed by atoms with E-state index >= 15 is 0 Å². The first-order valence-corrected chi connectivity index (χ1v) is 9.52. The Kier molecular flexibility index (Phi) is 8.43. The van der Waals surface area contributed by atoms with Gasteiger partial charge in [-0.1, -0.05) is 6.92 Å². The lowest BCUT2D eigenvalue weighted by molar-refractivity contribution is 0.189. The van der Waals surface area contributed by atoms with E-state index in [1.54, 1.807) is 20.2 Å². The fourth-order valence-corrected chi connectivity index (χ4v) is 4.63. The SMILES string of the molecule is CCCNCCc1ccc(S(=O)(=O)N(C)CCCOC)s1. The number of nitrogens with zero attached hydrogens (tertiary/aromatic N) is 1. The first-order chi connectivity index (χ1) is 10.0. The molecule has 0 amide bonds. The van der Waals surface area contributed by atoms with Crippen molar-refractivity contribution in [3.63, 3.8) is 0 Å². The van der Waals surface area contributed by atoms with Gasteiger partial charge in [0.1, 0.15) is 4.21 Å². The van der Waals surface area contributed by atoms with Crippen LogP contribution < -0.4 is 5.32 Å². The highest BCUT2D eigenvalue weighted by molar-refractivity contribution is 7.91. The summed E-state index contributed by atoms with van der Waals surface area (Å²) >= 11 is 1.36. The Morgan fingerprint density at radius 2 is 2.10 bits per heavy atom. The molecule has 1 heterocycles. The van der Waals surface area contributed by atoms with Crippen LogP contribution in [0.1, 0.15) is 24.6 Å². The van der Waals surface area contributed by atoms with E-state index in [1.807, 2.05) is 6.07 Å². The third-order valence-electron chi connectivity index (χ3n) is 3.10. The van der Waals surface area contributed by atoms with Crippen LogP contribution in [0, 0.1) is 0 Å². The molecule has 0 saturated heterocycles. The summed E-state index contributed by atoms with van der Waals surface area (Å²) in [5.74, 6) is 0. The number of rotatable bonds is 11. The average molecular weight is 335 g/mol. The van der Waals surface area contributed by atoms with E-state index in [-0.39, 0.29) is 0 Å². The summed E-state index contributed by atoms with van der Waals surface area (Å²) in [6.07, 6.45) is 2.68. The van der Waals surface area contributed by atoms with Crippen molar-refractivity contribution in [2.24, 2.45) is 0 Å². The van der Waals surface area contributed by atoms with E-state index in [2.05, 4.69) is 12.2 Å². The molecule has 5 nitrogen and oxygen atoms in total. The normalized spacial score (nSPS) is 12.2. The molecular weight excluding hydrogens is 308 g/mol. The number of nitrogens with one attached hydrogen (secondary N) is 1. The van der Waals surface area contributed by atoms with Gasteiger partial charge in [0, 0.05) is 32.2 Å². The molecule has 0 unspecified atom stereocenters. The van der Waals surface area contributed by atoms with Gasteiger partial charge in [0.05, 0.1) is 0 Å². The molecule has 1 rings (SSSR count). The molecule has 7 heteroatoms. The summed E-state index contributed by atoms with van der Waals surface area (Å²) in [7, 11) is -0.122. The average Bonchev–Trinajstić information content (AvgIpc) is 2.93. The molecule has 0 aliphatic heterocycles. The highest BCUT2D eigenvalue weighted by Crippen LogP contribution is 2.24.